The van der Waals surface area contributed by atoms with Crippen LogP contribution in [0.1, 0.15) is 23.5 Å². The van der Waals surface area contributed by atoms with E-state index in [4.69, 9.17) is 5.73 Å². The Kier molecular flexibility index (Phi) is 5.41. The number of aromatic nitrogens is 4. The van der Waals surface area contributed by atoms with Gasteiger partial charge in [-0.15, -0.1) is 0 Å². The molecule has 0 aliphatic carbocycles. The van der Waals surface area contributed by atoms with E-state index in [0.717, 1.165) is 0 Å². The largest absolute Gasteiger partial charge is 0.384 e. The molecule has 0 radical (unpaired) electrons. The predicted octanol–water partition coefficient (Wildman–Crippen LogP) is 1.50. The number of nitrogens with two attached hydrogens (primary N) is 1. The van der Waals surface area contributed by atoms with Gasteiger partial charge in [0.1, 0.15) is 17.5 Å². The second kappa shape index (κ2) is 7.81. The van der Waals surface area contributed by atoms with E-state index < -0.39 is 21.6 Å². The molecule has 0 saturated heterocycles. The molecule has 0 spiro atoms. The summed E-state index contributed by atoms with van der Waals surface area (Å²) in [6.07, 6.45) is 0.370. The van der Waals surface area contributed by atoms with Crippen molar-refractivity contribution in [2.24, 2.45) is 14.1 Å². The van der Waals surface area contributed by atoms with Crippen molar-refractivity contribution in [2.45, 2.75) is 12.3 Å². The highest BCUT2D eigenvalue weighted by molar-refractivity contribution is 9.10. The minimum atomic E-state index is -3.47. The molecule has 10 nitrogen and oxygen atoms in total. The van der Waals surface area contributed by atoms with Crippen LogP contribution in [-0.4, -0.2) is 33.7 Å². The highest BCUT2D eigenvalue weighted by Gasteiger charge is 2.43. The Hall–Kier alpha value is -3.06. The summed E-state index contributed by atoms with van der Waals surface area (Å²) in [6, 6.07) is 5.64. The maximum Gasteiger partial charge on any atom is 0.270 e. The number of nitrogen functional groups attached to an aromatic ring is 1. The number of aryl methyl sites for hydroxylation is 2. The number of aromatic amines is 2. The van der Waals surface area contributed by atoms with E-state index in [1.165, 1.54) is 33.6 Å². The standard InChI is InChI=1S/C15H13BrFN3O3S.C4H7N3O/c1-20-14-12(15(21)19-20)11(7-2-3-9(17)8(16)6-7)13-10(18-14)4-5-24(13,22)23;1-7-3(5)2-4(8)6-7/h2-3,6,11,18H,4-5H2,1H3,(H,19,21);2H,5H2,1H3,(H,6,8). The molecule has 4 heterocycles. The average Bonchev–Trinajstić information content (AvgIpc) is 3.29. The minimum Gasteiger partial charge on any atom is -0.384 e. The molecule has 170 valence electrons. The maximum absolute atomic E-state index is 13.6. The van der Waals surface area contributed by atoms with E-state index >= 15 is 0 Å². The third-order valence-electron chi connectivity index (χ3n) is 5.40. The van der Waals surface area contributed by atoms with E-state index in [0.29, 0.717) is 34.9 Å². The first-order chi connectivity index (χ1) is 15.0. The van der Waals surface area contributed by atoms with Gasteiger partial charge in [-0.25, -0.2) is 12.8 Å². The third-order valence-corrected chi connectivity index (χ3v) is 7.90. The van der Waals surface area contributed by atoms with Gasteiger partial charge in [0.2, 0.25) is 0 Å². The highest BCUT2D eigenvalue weighted by Crippen LogP contribution is 2.46. The van der Waals surface area contributed by atoms with Crippen LogP contribution in [0.15, 0.2) is 48.9 Å². The minimum absolute atomic E-state index is 0.00935. The zero-order chi connectivity index (χ0) is 23.4. The summed E-state index contributed by atoms with van der Waals surface area (Å²) in [4.78, 5) is 23.0. The summed E-state index contributed by atoms with van der Waals surface area (Å²) in [7, 11) is -0.114. The molecule has 5 rings (SSSR count). The summed E-state index contributed by atoms with van der Waals surface area (Å²) in [5.41, 5.74) is 6.24. The van der Waals surface area contributed by atoms with Gasteiger partial charge in [-0.1, -0.05) is 6.07 Å². The number of allylic oxidation sites excluding steroid dienone is 2. The number of H-pyrrole nitrogens is 2. The Bertz CT molecular complexity index is 1460. The molecule has 0 amide bonds. The van der Waals surface area contributed by atoms with E-state index in [-0.39, 0.29) is 26.2 Å². The number of halogens is 2. The summed E-state index contributed by atoms with van der Waals surface area (Å²) in [6.45, 7) is 0. The molecule has 2 aliphatic heterocycles. The summed E-state index contributed by atoms with van der Waals surface area (Å²) in [5.74, 6) is -0.185. The molecule has 1 atom stereocenters. The smallest absolute Gasteiger partial charge is 0.270 e. The molecular formula is C19H20BrFN6O4S. The molecule has 1 unspecified atom stereocenters. The first-order valence-corrected chi connectivity index (χ1v) is 11.9. The predicted molar refractivity (Wildman–Crippen MR) is 121 cm³/mol. The van der Waals surface area contributed by atoms with Crippen molar-refractivity contribution >= 4 is 37.4 Å². The second-order valence-corrected chi connectivity index (χ2v) is 10.4. The number of sulfone groups is 1. The van der Waals surface area contributed by atoms with Crippen LogP contribution in [0.5, 0.6) is 0 Å². The molecule has 1 aromatic carbocycles. The Morgan fingerprint density at radius 1 is 1.16 bits per heavy atom. The topological polar surface area (TPSA) is 148 Å². The lowest BCUT2D eigenvalue weighted by atomic mass is 9.89. The van der Waals surface area contributed by atoms with Crippen LogP contribution in [0.25, 0.3) is 0 Å². The van der Waals surface area contributed by atoms with Gasteiger partial charge in [-0.3, -0.25) is 29.2 Å². The summed E-state index contributed by atoms with van der Waals surface area (Å²) < 4.78 is 41.9. The van der Waals surface area contributed by atoms with Crippen molar-refractivity contribution in [3.05, 3.63) is 77.0 Å². The fourth-order valence-electron chi connectivity index (χ4n) is 3.89. The van der Waals surface area contributed by atoms with Gasteiger partial charge in [0.15, 0.2) is 9.84 Å². The van der Waals surface area contributed by atoms with Crippen LogP contribution in [0, 0.1) is 5.82 Å². The zero-order valence-electron chi connectivity index (χ0n) is 17.1. The lowest BCUT2D eigenvalue weighted by molar-refractivity contribution is 0.602. The van der Waals surface area contributed by atoms with Crippen LogP contribution < -0.4 is 22.2 Å². The molecule has 13 heteroatoms. The van der Waals surface area contributed by atoms with E-state index in [1.807, 2.05) is 0 Å². The quantitative estimate of drug-likeness (QED) is 0.377. The number of rotatable bonds is 1. The molecular weight excluding hydrogens is 507 g/mol. The zero-order valence-corrected chi connectivity index (χ0v) is 19.5. The Labute approximate surface area is 189 Å². The molecule has 0 saturated carbocycles. The summed E-state index contributed by atoms with van der Waals surface area (Å²) >= 11 is 3.13. The number of anilines is 2. The van der Waals surface area contributed by atoms with Gasteiger partial charge in [0.05, 0.1) is 26.6 Å². The van der Waals surface area contributed by atoms with Gasteiger partial charge >= 0.3 is 0 Å². The Balaban J connectivity index is 0.000000260. The molecule has 0 bridgehead atoms. The molecule has 2 aliphatic rings. The number of hydrogen-bond acceptors (Lipinski definition) is 6. The number of nitrogens with one attached hydrogen (secondary N) is 3. The van der Waals surface area contributed by atoms with E-state index in [2.05, 4.69) is 31.4 Å². The van der Waals surface area contributed by atoms with E-state index in [9.17, 15) is 22.4 Å². The second-order valence-electron chi connectivity index (χ2n) is 7.51. The molecule has 2 aromatic heterocycles. The Morgan fingerprint density at radius 3 is 2.44 bits per heavy atom. The fraction of sp³-hybridized carbons (Fsp3) is 0.263. The van der Waals surface area contributed by atoms with Crippen LogP contribution >= 0.6 is 15.9 Å². The van der Waals surface area contributed by atoms with Crippen molar-refractivity contribution in [3.8, 4) is 0 Å². The van der Waals surface area contributed by atoms with Gasteiger partial charge in [0, 0.05) is 32.3 Å². The highest BCUT2D eigenvalue weighted by atomic mass is 79.9. The molecule has 32 heavy (non-hydrogen) atoms. The number of fused-ring (bicyclic) bond motifs is 1. The number of hydrogen-bond donors (Lipinski definition) is 4. The lowest BCUT2D eigenvalue weighted by Gasteiger charge is -2.25. The van der Waals surface area contributed by atoms with Gasteiger partial charge in [-0.05, 0) is 33.6 Å². The van der Waals surface area contributed by atoms with Crippen molar-refractivity contribution < 1.29 is 12.8 Å². The average molecular weight is 527 g/mol. The lowest BCUT2D eigenvalue weighted by Crippen LogP contribution is -2.23. The molecule has 0 fully saturated rings. The number of benzene rings is 1. The van der Waals surface area contributed by atoms with Crippen molar-refractivity contribution in [2.75, 3.05) is 16.8 Å². The normalized spacial score (nSPS) is 18.4. The SMILES string of the molecule is Cn1[nH]c(=O)c2c1NC1=C(C2c2ccc(F)c(Br)c2)S(=O)(=O)CC1.Cn1[nH]c(=O)cc1N. The van der Waals surface area contributed by atoms with Crippen LogP contribution in [0.2, 0.25) is 0 Å². The molecule has 3 aromatic rings. The monoisotopic (exact) mass is 526 g/mol. The first kappa shape index (κ1) is 22.1. The van der Waals surface area contributed by atoms with Crippen LogP contribution in [0.4, 0.5) is 16.0 Å². The maximum atomic E-state index is 13.6. The molecule has 5 N–H and O–H groups in total. The van der Waals surface area contributed by atoms with Gasteiger partial charge in [-0.2, -0.15) is 0 Å². The van der Waals surface area contributed by atoms with Gasteiger partial charge < -0.3 is 11.1 Å². The van der Waals surface area contributed by atoms with Gasteiger partial charge in [0.25, 0.3) is 11.1 Å². The summed E-state index contributed by atoms with van der Waals surface area (Å²) in [5, 5.41) is 8.17. The number of nitrogens with zero attached hydrogens (tertiary/aromatic N) is 2. The van der Waals surface area contributed by atoms with Crippen molar-refractivity contribution in [3.63, 3.8) is 0 Å². The fourth-order valence-corrected chi connectivity index (χ4v) is 6.12. The van der Waals surface area contributed by atoms with Crippen LogP contribution in [0.3, 0.4) is 0 Å². The van der Waals surface area contributed by atoms with Crippen molar-refractivity contribution in [1.29, 1.82) is 0 Å². The van der Waals surface area contributed by atoms with E-state index in [1.54, 1.807) is 14.1 Å². The van der Waals surface area contributed by atoms with Crippen LogP contribution in [-0.2, 0) is 23.9 Å². The third kappa shape index (κ3) is 3.71. The Morgan fingerprint density at radius 2 is 1.88 bits per heavy atom. The first-order valence-electron chi connectivity index (χ1n) is 9.47. The van der Waals surface area contributed by atoms with Crippen molar-refractivity contribution in [1.82, 2.24) is 19.6 Å².